The summed E-state index contributed by atoms with van der Waals surface area (Å²) in [6.45, 7) is 3.74. The third-order valence-electron chi connectivity index (χ3n) is 1.96. The van der Waals surface area contributed by atoms with Crippen molar-refractivity contribution in [2.75, 3.05) is 11.9 Å². The van der Waals surface area contributed by atoms with E-state index in [0.29, 0.717) is 0 Å². The third kappa shape index (κ3) is 2.55. The van der Waals surface area contributed by atoms with E-state index in [1.165, 1.54) is 0 Å². The molecule has 4 nitrogen and oxygen atoms in total. The maximum absolute atomic E-state index is 11.2. The van der Waals surface area contributed by atoms with Gasteiger partial charge in [-0.3, -0.25) is 9.63 Å². The molecular weight excluding hydrogens is 180 g/mol. The van der Waals surface area contributed by atoms with Crippen LogP contribution in [-0.4, -0.2) is 12.5 Å². The van der Waals surface area contributed by atoms with Crippen LogP contribution >= 0.6 is 0 Å². The highest BCUT2D eigenvalue weighted by Crippen LogP contribution is 2.18. The van der Waals surface area contributed by atoms with Crippen LogP contribution in [0.2, 0.25) is 0 Å². The molecule has 0 saturated carbocycles. The fourth-order valence-corrected chi connectivity index (χ4v) is 1.26. The van der Waals surface area contributed by atoms with Crippen molar-refractivity contribution < 1.29 is 9.63 Å². The highest BCUT2D eigenvalue weighted by atomic mass is 16.6. The minimum Gasteiger partial charge on any atom is -0.324 e. The van der Waals surface area contributed by atoms with Crippen molar-refractivity contribution in [1.82, 2.24) is 0 Å². The Labute approximate surface area is 83.0 Å². The van der Waals surface area contributed by atoms with Gasteiger partial charge in [-0.05, 0) is 25.0 Å². The molecular formula is C10H14N2O2. The van der Waals surface area contributed by atoms with E-state index < -0.39 is 0 Å². The number of aryl methyl sites for hydroxylation is 2. The highest BCUT2D eigenvalue weighted by Gasteiger charge is 2.06. The van der Waals surface area contributed by atoms with Gasteiger partial charge in [0, 0.05) is 5.69 Å². The summed E-state index contributed by atoms with van der Waals surface area (Å²) in [6.07, 6.45) is 0. The van der Waals surface area contributed by atoms with Crippen molar-refractivity contribution in [3.8, 4) is 0 Å². The van der Waals surface area contributed by atoms with Gasteiger partial charge in [0.1, 0.15) is 6.61 Å². The first-order chi connectivity index (χ1) is 6.65. The van der Waals surface area contributed by atoms with Crippen molar-refractivity contribution in [3.05, 3.63) is 29.3 Å². The van der Waals surface area contributed by atoms with Crippen molar-refractivity contribution in [2.45, 2.75) is 13.8 Å². The second-order valence-corrected chi connectivity index (χ2v) is 3.13. The first-order valence-electron chi connectivity index (χ1n) is 4.33. The molecule has 0 unspecified atom stereocenters. The minimum atomic E-state index is -0.245. The molecule has 0 saturated heterocycles. The van der Waals surface area contributed by atoms with Crippen LogP contribution in [0, 0.1) is 13.8 Å². The van der Waals surface area contributed by atoms with Gasteiger partial charge in [-0.1, -0.05) is 18.2 Å². The quantitative estimate of drug-likeness (QED) is 0.709. The fraction of sp³-hybridized carbons (Fsp3) is 0.300. The average Bonchev–Trinajstić information content (AvgIpc) is 2.12. The Bertz CT molecular complexity index is 317. The lowest BCUT2D eigenvalue weighted by atomic mass is 10.1. The summed E-state index contributed by atoms with van der Waals surface area (Å²) in [4.78, 5) is 15.4. The van der Waals surface area contributed by atoms with Gasteiger partial charge in [0.05, 0.1) is 0 Å². The SMILES string of the molecule is Cc1cccc(C)c1NC(=O)CON. The van der Waals surface area contributed by atoms with E-state index in [1.54, 1.807) is 0 Å². The average molecular weight is 194 g/mol. The lowest BCUT2D eigenvalue weighted by Crippen LogP contribution is -2.21. The Morgan fingerprint density at radius 2 is 2.00 bits per heavy atom. The summed E-state index contributed by atoms with van der Waals surface area (Å²) in [5.41, 5.74) is 2.88. The molecule has 0 fully saturated rings. The number of nitrogens with two attached hydrogens (primary N) is 1. The summed E-state index contributed by atoms with van der Waals surface area (Å²) in [5.74, 6) is 4.55. The van der Waals surface area contributed by atoms with Crippen LogP contribution in [0.25, 0.3) is 0 Å². The number of nitrogens with one attached hydrogen (secondary N) is 1. The van der Waals surface area contributed by atoms with Crippen LogP contribution in [0.4, 0.5) is 5.69 Å². The molecule has 0 aliphatic rings. The molecule has 0 aromatic heterocycles. The van der Waals surface area contributed by atoms with E-state index in [0.717, 1.165) is 16.8 Å². The molecule has 1 rings (SSSR count). The molecule has 1 aromatic carbocycles. The Morgan fingerprint density at radius 3 is 2.50 bits per heavy atom. The zero-order chi connectivity index (χ0) is 10.6. The van der Waals surface area contributed by atoms with Crippen LogP contribution in [-0.2, 0) is 9.63 Å². The van der Waals surface area contributed by atoms with Crippen molar-refractivity contribution in [1.29, 1.82) is 0 Å². The van der Waals surface area contributed by atoms with Crippen molar-refractivity contribution in [3.63, 3.8) is 0 Å². The Hall–Kier alpha value is -1.39. The van der Waals surface area contributed by atoms with Crippen LogP contribution in [0.15, 0.2) is 18.2 Å². The highest BCUT2D eigenvalue weighted by molar-refractivity contribution is 5.93. The number of rotatable bonds is 3. The van der Waals surface area contributed by atoms with Gasteiger partial charge >= 0.3 is 0 Å². The molecule has 0 aliphatic carbocycles. The van der Waals surface area contributed by atoms with Gasteiger partial charge in [-0.2, -0.15) is 0 Å². The lowest BCUT2D eigenvalue weighted by Gasteiger charge is -2.10. The second kappa shape index (κ2) is 4.74. The monoisotopic (exact) mass is 194 g/mol. The van der Waals surface area contributed by atoms with E-state index >= 15 is 0 Å². The maximum atomic E-state index is 11.2. The van der Waals surface area contributed by atoms with Gasteiger partial charge in [0.2, 0.25) is 0 Å². The first kappa shape index (κ1) is 10.7. The first-order valence-corrected chi connectivity index (χ1v) is 4.33. The summed E-state index contributed by atoms with van der Waals surface area (Å²) >= 11 is 0. The molecule has 14 heavy (non-hydrogen) atoms. The minimum absolute atomic E-state index is 0.131. The number of para-hydroxylation sites is 1. The molecule has 0 spiro atoms. The zero-order valence-corrected chi connectivity index (χ0v) is 8.33. The predicted molar refractivity (Wildman–Crippen MR) is 54.7 cm³/mol. The summed E-state index contributed by atoms with van der Waals surface area (Å²) < 4.78 is 0. The maximum Gasteiger partial charge on any atom is 0.252 e. The van der Waals surface area contributed by atoms with Gasteiger partial charge < -0.3 is 5.32 Å². The number of benzene rings is 1. The van der Waals surface area contributed by atoms with Crippen LogP contribution in [0.1, 0.15) is 11.1 Å². The smallest absolute Gasteiger partial charge is 0.252 e. The summed E-state index contributed by atoms with van der Waals surface area (Å²) in [7, 11) is 0. The summed E-state index contributed by atoms with van der Waals surface area (Å²) in [5, 5.41) is 2.74. The molecule has 0 heterocycles. The molecule has 0 aliphatic heterocycles. The molecule has 0 radical (unpaired) electrons. The standard InChI is InChI=1S/C10H14N2O2/c1-7-4-3-5-8(2)10(7)12-9(13)6-14-11/h3-5H,6,11H2,1-2H3,(H,12,13). The Morgan fingerprint density at radius 1 is 1.43 bits per heavy atom. The third-order valence-corrected chi connectivity index (χ3v) is 1.96. The van der Waals surface area contributed by atoms with Gasteiger partial charge in [0.25, 0.3) is 5.91 Å². The molecule has 0 atom stereocenters. The number of hydrogen-bond donors (Lipinski definition) is 2. The van der Waals surface area contributed by atoms with E-state index in [2.05, 4.69) is 10.2 Å². The number of carbonyl (C=O) groups excluding carboxylic acids is 1. The molecule has 1 aromatic rings. The number of anilines is 1. The van der Waals surface area contributed by atoms with E-state index in [4.69, 9.17) is 5.90 Å². The molecule has 0 bridgehead atoms. The number of carbonyl (C=O) groups is 1. The van der Waals surface area contributed by atoms with E-state index in [1.807, 2.05) is 32.0 Å². The number of amides is 1. The van der Waals surface area contributed by atoms with Gasteiger partial charge in [-0.15, -0.1) is 0 Å². The Kier molecular flexibility index (Phi) is 3.62. The molecule has 3 N–H and O–H groups in total. The second-order valence-electron chi connectivity index (χ2n) is 3.13. The summed E-state index contributed by atoms with van der Waals surface area (Å²) in [6, 6.07) is 5.82. The van der Waals surface area contributed by atoms with Crippen LogP contribution < -0.4 is 11.2 Å². The van der Waals surface area contributed by atoms with Gasteiger partial charge in [-0.25, -0.2) is 5.90 Å². The Balaban J connectivity index is 2.80. The van der Waals surface area contributed by atoms with Crippen molar-refractivity contribution >= 4 is 11.6 Å². The largest absolute Gasteiger partial charge is 0.324 e. The lowest BCUT2D eigenvalue weighted by molar-refractivity contribution is -0.120. The molecule has 4 heteroatoms. The van der Waals surface area contributed by atoms with Crippen LogP contribution in [0.3, 0.4) is 0 Å². The van der Waals surface area contributed by atoms with E-state index in [-0.39, 0.29) is 12.5 Å². The van der Waals surface area contributed by atoms with Gasteiger partial charge in [0.15, 0.2) is 0 Å². The van der Waals surface area contributed by atoms with Crippen LogP contribution in [0.5, 0.6) is 0 Å². The van der Waals surface area contributed by atoms with E-state index in [9.17, 15) is 4.79 Å². The topological polar surface area (TPSA) is 64.3 Å². The molecule has 76 valence electrons. The number of hydrogen-bond acceptors (Lipinski definition) is 3. The normalized spacial score (nSPS) is 9.93. The molecule has 1 amide bonds. The predicted octanol–water partition coefficient (Wildman–Crippen LogP) is 1.13. The zero-order valence-electron chi connectivity index (χ0n) is 8.33. The van der Waals surface area contributed by atoms with Crippen molar-refractivity contribution in [2.24, 2.45) is 5.90 Å². The fourth-order valence-electron chi connectivity index (χ4n) is 1.26.